The molecule has 7 heteroatoms. The highest BCUT2D eigenvalue weighted by Crippen LogP contribution is 2.22. The van der Waals surface area contributed by atoms with Crippen LogP contribution in [0.3, 0.4) is 0 Å². The minimum absolute atomic E-state index is 0.0178. The topological polar surface area (TPSA) is 63.2 Å². The van der Waals surface area contributed by atoms with Crippen molar-refractivity contribution >= 4 is 33.0 Å². The van der Waals surface area contributed by atoms with Crippen molar-refractivity contribution < 1.29 is 17.6 Å². The Kier molecular flexibility index (Phi) is 5.38. The van der Waals surface area contributed by atoms with E-state index in [-0.39, 0.29) is 10.6 Å². The van der Waals surface area contributed by atoms with Crippen LogP contribution in [0.4, 0.5) is 10.1 Å². The summed E-state index contributed by atoms with van der Waals surface area (Å²) in [5.41, 5.74) is 0.770. The highest BCUT2D eigenvalue weighted by molar-refractivity contribution is 7.92. The number of sulfone groups is 1. The van der Waals surface area contributed by atoms with Crippen molar-refractivity contribution in [2.45, 2.75) is 17.9 Å². The van der Waals surface area contributed by atoms with Gasteiger partial charge in [0.15, 0.2) is 9.84 Å². The smallest absolute Gasteiger partial charge is 0.242 e. The predicted octanol–water partition coefficient (Wildman–Crippen LogP) is 3.42. The van der Waals surface area contributed by atoms with Crippen molar-refractivity contribution in [3.63, 3.8) is 0 Å². The van der Waals surface area contributed by atoms with Gasteiger partial charge in [0.2, 0.25) is 5.91 Å². The number of rotatable bonds is 5. The standard InChI is InChI=1S/C16H15ClFNO3S/c1-11(16(20)19-14-5-3-2-4-6-14)23(21,22)10-12-7-8-13(18)9-15(12)17/h2-9,11H,10H2,1H3,(H,19,20)/t11-/m1/s1. The van der Waals surface area contributed by atoms with E-state index in [9.17, 15) is 17.6 Å². The highest BCUT2D eigenvalue weighted by Gasteiger charge is 2.29. The molecule has 0 aliphatic carbocycles. The first kappa shape index (κ1) is 17.4. The number of carbonyl (C=O) groups excluding carboxylic acids is 1. The maximum atomic E-state index is 13.0. The summed E-state index contributed by atoms with van der Waals surface area (Å²) in [5, 5.41) is 1.30. The molecular formula is C16H15ClFNO3S. The molecule has 0 aromatic heterocycles. The van der Waals surface area contributed by atoms with Gasteiger partial charge < -0.3 is 5.32 Å². The van der Waals surface area contributed by atoms with E-state index in [0.717, 1.165) is 12.1 Å². The molecule has 2 rings (SSSR count). The number of hydrogen-bond acceptors (Lipinski definition) is 3. The van der Waals surface area contributed by atoms with E-state index in [0.29, 0.717) is 5.69 Å². The van der Waals surface area contributed by atoms with Gasteiger partial charge in [-0.1, -0.05) is 35.9 Å². The molecule has 0 bridgehead atoms. The predicted molar refractivity (Wildman–Crippen MR) is 88.6 cm³/mol. The lowest BCUT2D eigenvalue weighted by atomic mass is 10.2. The molecule has 1 atom stereocenters. The van der Waals surface area contributed by atoms with Gasteiger partial charge in [-0.3, -0.25) is 4.79 Å². The first-order valence-corrected chi connectivity index (χ1v) is 8.90. The molecule has 23 heavy (non-hydrogen) atoms. The van der Waals surface area contributed by atoms with E-state index in [1.54, 1.807) is 30.3 Å². The fourth-order valence-corrected chi connectivity index (χ4v) is 3.54. The lowest BCUT2D eigenvalue weighted by molar-refractivity contribution is -0.115. The van der Waals surface area contributed by atoms with Gasteiger partial charge in [-0.05, 0) is 36.8 Å². The van der Waals surface area contributed by atoms with E-state index in [1.165, 1.54) is 13.0 Å². The monoisotopic (exact) mass is 355 g/mol. The molecule has 0 saturated carbocycles. The SMILES string of the molecule is C[C@H](C(=O)Nc1ccccc1)S(=O)(=O)Cc1ccc(F)cc1Cl. The molecule has 0 aliphatic rings. The Hall–Kier alpha value is -1.92. The van der Waals surface area contributed by atoms with Crippen LogP contribution in [0, 0.1) is 5.82 Å². The molecule has 0 unspecified atom stereocenters. The highest BCUT2D eigenvalue weighted by atomic mass is 35.5. The van der Waals surface area contributed by atoms with E-state index in [4.69, 9.17) is 11.6 Å². The fourth-order valence-electron chi connectivity index (χ4n) is 1.91. The lowest BCUT2D eigenvalue weighted by Crippen LogP contribution is -2.33. The number of carbonyl (C=O) groups is 1. The van der Waals surface area contributed by atoms with Gasteiger partial charge in [-0.15, -0.1) is 0 Å². The van der Waals surface area contributed by atoms with Gasteiger partial charge >= 0.3 is 0 Å². The Balaban J connectivity index is 2.13. The number of amides is 1. The zero-order valence-electron chi connectivity index (χ0n) is 12.3. The largest absolute Gasteiger partial charge is 0.325 e. The second kappa shape index (κ2) is 7.10. The van der Waals surface area contributed by atoms with Crippen LogP contribution in [0.15, 0.2) is 48.5 Å². The first-order chi connectivity index (χ1) is 10.8. The van der Waals surface area contributed by atoms with Crippen molar-refractivity contribution in [1.82, 2.24) is 0 Å². The Morgan fingerprint density at radius 2 is 1.87 bits per heavy atom. The third kappa shape index (κ3) is 4.53. The van der Waals surface area contributed by atoms with Crippen molar-refractivity contribution in [3.05, 3.63) is 64.9 Å². The molecule has 0 aliphatic heterocycles. The zero-order valence-corrected chi connectivity index (χ0v) is 13.9. The van der Waals surface area contributed by atoms with Crippen LogP contribution in [0.5, 0.6) is 0 Å². The van der Waals surface area contributed by atoms with Gasteiger partial charge in [0.25, 0.3) is 0 Å². The molecular weight excluding hydrogens is 341 g/mol. The van der Waals surface area contributed by atoms with Gasteiger partial charge in [-0.2, -0.15) is 0 Å². The van der Waals surface area contributed by atoms with Crippen LogP contribution in [0.25, 0.3) is 0 Å². The van der Waals surface area contributed by atoms with Crippen molar-refractivity contribution in [1.29, 1.82) is 0 Å². The third-order valence-electron chi connectivity index (χ3n) is 3.32. The van der Waals surface area contributed by atoms with Gasteiger partial charge in [0, 0.05) is 10.7 Å². The number of halogens is 2. The number of anilines is 1. The second-order valence-corrected chi connectivity index (χ2v) is 7.77. The Bertz CT molecular complexity index is 809. The van der Waals surface area contributed by atoms with Crippen LogP contribution < -0.4 is 5.32 Å². The summed E-state index contributed by atoms with van der Waals surface area (Å²) in [6.45, 7) is 1.31. The molecule has 0 spiro atoms. The van der Waals surface area contributed by atoms with Crippen LogP contribution in [0.1, 0.15) is 12.5 Å². The third-order valence-corrected chi connectivity index (χ3v) is 5.68. The molecule has 122 valence electrons. The summed E-state index contributed by atoms with van der Waals surface area (Å²) >= 11 is 5.84. The number of hydrogen-bond donors (Lipinski definition) is 1. The average molecular weight is 356 g/mol. The Morgan fingerprint density at radius 3 is 2.48 bits per heavy atom. The Labute approximate surface area is 139 Å². The van der Waals surface area contributed by atoms with Crippen molar-refractivity contribution in [2.24, 2.45) is 0 Å². The average Bonchev–Trinajstić information content (AvgIpc) is 2.50. The zero-order chi connectivity index (χ0) is 17.0. The quantitative estimate of drug-likeness (QED) is 0.893. The molecule has 0 heterocycles. The minimum atomic E-state index is -3.79. The van der Waals surface area contributed by atoms with E-state index < -0.39 is 32.6 Å². The maximum absolute atomic E-state index is 13.0. The molecule has 2 aromatic rings. The van der Waals surface area contributed by atoms with Crippen LogP contribution >= 0.6 is 11.6 Å². The van der Waals surface area contributed by atoms with Crippen LogP contribution in [-0.2, 0) is 20.4 Å². The van der Waals surface area contributed by atoms with E-state index in [2.05, 4.69) is 5.32 Å². The number of benzene rings is 2. The molecule has 2 aromatic carbocycles. The van der Waals surface area contributed by atoms with Gasteiger partial charge in [0.05, 0.1) is 5.75 Å². The van der Waals surface area contributed by atoms with Crippen LogP contribution in [-0.4, -0.2) is 19.6 Å². The summed E-state index contributed by atoms with van der Waals surface area (Å²) in [6, 6.07) is 12.0. The summed E-state index contributed by atoms with van der Waals surface area (Å²) < 4.78 is 37.7. The van der Waals surface area contributed by atoms with E-state index in [1.807, 2.05) is 0 Å². The number of nitrogens with one attached hydrogen (secondary N) is 1. The normalized spacial score (nSPS) is 12.7. The summed E-state index contributed by atoms with van der Waals surface area (Å²) in [4.78, 5) is 12.1. The summed E-state index contributed by atoms with van der Waals surface area (Å²) in [5.74, 6) is -1.62. The summed E-state index contributed by atoms with van der Waals surface area (Å²) in [6.07, 6.45) is 0. The number of para-hydroxylation sites is 1. The Morgan fingerprint density at radius 1 is 1.22 bits per heavy atom. The molecule has 1 amide bonds. The molecule has 0 fully saturated rings. The van der Waals surface area contributed by atoms with Crippen molar-refractivity contribution in [3.8, 4) is 0 Å². The van der Waals surface area contributed by atoms with Crippen molar-refractivity contribution in [2.75, 3.05) is 5.32 Å². The molecule has 4 nitrogen and oxygen atoms in total. The first-order valence-electron chi connectivity index (χ1n) is 6.81. The molecule has 0 radical (unpaired) electrons. The minimum Gasteiger partial charge on any atom is -0.325 e. The van der Waals surface area contributed by atoms with Gasteiger partial charge in [0.1, 0.15) is 11.1 Å². The van der Waals surface area contributed by atoms with E-state index >= 15 is 0 Å². The van der Waals surface area contributed by atoms with Gasteiger partial charge in [-0.25, -0.2) is 12.8 Å². The maximum Gasteiger partial charge on any atom is 0.242 e. The molecule has 0 saturated heterocycles. The second-order valence-electron chi connectivity index (χ2n) is 5.04. The fraction of sp³-hybridized carbons (Fsp3) is 0.188. The lowest BCUT2D eigenvalue weighted by Gasteiger charge is -2.14. The van der Waals surface area contributed by atoms with Crippen LogP contribution in [0.2, 0.25) is 5.02 Å². The molecule has 1 N–H and O–H groups in total. The summed E-state index contributed by atoms with van der Waals surface area (Å²) in [7, 11) is -3.79.